The summed E-state index contributed by atoms with van der Waals surface area (Å²) >= 11 is 0. The molecule has 190 valence electrons. The highest BCUT2D eigenvalue weighted by atomic mass is 16.6. The van der Waals surface area contributed by atoms with Crippen LogP contribution in [0, 0.1) is 5.92 Å². The minimum atomic E-state index is -0.608. The van der Waals surface area contributed by atoms with E-state index in [1.807, 2.05) is 18.2 Å². The summed E-state index contributed by atoms with van der Waals surface area (Å²) in [6.45, 7) is 18.0. The highest BCUT2D eigenvalue weighted by molar-refractivity contribution is 5.90. The highest BCUT2D eigenvalue weighted by Crippen LogP contribution is 2.37. The zero-order chi connectivity index (χ0) is 27.0. The van der Waals surface area contributed by atoms with Gasteiger partial charge < -0.3 is 14.2 Å². The van der Waals surface area contributed by atoms with Crippen molar-refractivity contribution in [2.45, 2.75) is 54.4 Å². The third-order valence-corrected chi connectivity index (χ3v) is 5.37. The number of hydrogen-bond donors (Lipinski definition) is 0. The van der Waals surface area contributed by atoms with E-state index in [4.69, 9.17) is 14.2 Å². The summed E-state index contributed by atoms with van der Waals surface area (Å²) in [5.74, 6) is -1.21. The fourth-order valence-corrected chi connectivity index (χ4v) is 3.30. The Bertz CT molecular complexity index is 1190. The molecule has 0 aliphatic carbocycles. The Hall–Kier alpha value is -3.93. The topological polar surface area (TPSA) is 78.9 Å². The minimum absolute atomic E-state index is 0.136. The maximum atomic E-state index is 12.4. The third-order valence-electron chi connectivity index (χ3n) is 5.37. The van der Waals surface area contributed by atoms with Crippen LogP contribution in [0.2, 0.25) is 0 Å². The normalized spacial score (nSPS) is 10.4. The lowest BCUT2D eigenvalue weighted by molar-refractivity contribution is -0.138. The molecule has 2 rings (SSSR count). The number of allylic oxidation sites excluding steroid dienone is 1. The van der Waals surface area contributed by atoms with Gasteiger partial charge in [0.1, 0.15) is 5.75 Å². The summed E-state index contributed by atoms with van der Waals surface area (Å²) in [6, 6.07) is 12.3. The number of rotatable bonds is 10. The Kier molecular flexibility index (Phi) is 9.97. The Morgan fingerprint density at radius 2 is 1.28 bits per heavy atom. The van der Waals surface area contributed by atoms with Crippen LogP contribution < -0.4 is 14.2 Å². The fraction of sp³-hybridized carbons (Fsp3) is 0.300. The molecule has 0 aliphatic heterocycles. The lowest BCUT2D eigenvalue weighted by Crippen LogP contribution is -2.16. The van der Waals surface area contributed by atoms with Crippen molar-refractivity contribution < 1.29 is 28.6 Å². The van der Waals surface area contributed by atoms with Gasteiger partial charge in [-0.3, -0.25) is 4.79 Å². The van der Waals surface area contributed by atoms with Gasteiger partial charge in [0.2, 0.25) is 0 Å². The Morgan fingerprint density at radius 3 is 1.78 bits per heavy atom. The first-order valence-corrected chi connectivity index (χ1v) is 11.9. The Labute approximate surface area is 213 Å². The molecule has 6 heteroatoms. The van der Waals surface area contributed by atoms with E-state index in [1.54, 1.807) is 52.0 Å². The van der Waals surface area contributed by atoms with Crippen molar-refractivity contribution >= 4 is 23.5 Å². The molecule has 0 spiro atoms. The van der Waals surface area contributed by atoms with E-state index in [-0.39, 0.29) is 23.0 Å². The molecule has 0 saturated carbocycles. The van der Waals surface area contributed by atoms with Crippen molar-refractivity contribution in [1.29, 1.82) is 0 Å². The van der Waals surface area contributed by atoms with Crippen LogP contribution in [0.1, 0.15) is 65.5 Å². The van der Waals surface area contributed by atoms with Crippen LogP contribution >= 0.6 is 0 Å². The molecule has 2 aromatic carbocycles. The number of carbonyl (C=O) groups excluding carboxylic acids is 3. The van der Waals surface area contributed by atoms with E-state index < -0.39 is 17.9 Å². The third kappa shape index (κ3) is 7.28. The number of benzene rings is 2. The van der Waals surface area contributed by atoms with Gasteiger partial charge in [0.25, 0.3) is 0 Å². The second-order valence-corrected chi connectivity index (χ2v) is 8.79. The van der Waals surface area contributed by atoms with Crippen molar-refractivity contribution in [3.63, 3.8) is 0 Å². The molecular formula is C30H34O6. The van der Waals surface area contributed by atoms with Gasteiger partial charge in [0.15, 0.2) is 11.5 Å². The van der Waals surface area contributed by atoms with Gasteiger partial charge in [0.05, 0.1) is 5.92 Å². The molecule has 0 saturated heterocycles. The predicted molar refractivity (Wildman–Crippen MR) is 141 cm³/mol. The molecule has 0 aromatic heterocycles. The summed E-state index contributed by atoms with van der Waals surface area (Å²) in [6.07, 6.45) is 1.59. The van der Waals surface area contributed by atoms with Crippen molar-refractivity contribution in [3.8, 4) is 17.2 Å². The maximum Gasteiger partial charge on any atom is 0.338 e. The first kappa shape index (κ1) is 28.3. The summed E-state index contributed by atoms with van der Waals surface area (Å²) < 4.78 is 16.4. The van der Waals surface area contributed by atoms with Crippen molar-refractivity contribution in [2.24, 2.45) is 5.92 Å². The van der Waals surface area contributed by atoms with Gasteiger partial charge in [-0.25, -0.2) is 9.59 Å². The van der Waals surface area contributed by atoms with E-state index in [0.717, 1.165) is 29.5 Å². The monoisotopic (exact) mass is 490 g/mol. The van der Waals surface area contributed by atoms with Crippen LogP contribution in [0.4, 0.5) is 0 Å². The van der Waals surface area contributed by atoms with Gasteiger partial charge in [-0.2, -0.15) is 0 Å². The first-order valence-electron chi connectivity index (χ1n) is 11.9. The lowest BCUT2D eigenvalue weighted by atomic mass is 9.90. The molecule has 6 nitrogen and oxygen atoms in total. The zero-order valence-corrected chi connectivity index (χ0v) is 21.9. The lowest BCUT2D eigenvalue weighted by Gasteiger charge is -2.18. The fourth-order valence-electron chi connectivity index (χ4n) is 3.30. The van der Waals surface area contributed by atoms with Crippen LogP contribution in [0.5, 0.6) is 17.2 Å². The summed E-state index contributed by atoms with van der Waals surface area (Å²) in [4.78, 5) is 36.4. The molecule has 0 amide bonds. The van der Waals surface area contributed by atoms with Gasteiger partial charge in [-0.1, -0.05) is 64.6 Å². The zero-order valence-electron chi connectivity index (χ0n) is 21.9. The molecular weight excluding hydrogens is 456 g/mol. The summed E-state index contributed by atoms with van der Waals surface area (Å²) in [7, 11) is 0. The molecule has 0 aliphatic rings. The summed E-state index contributed by atoms with van der Waals surface area (Å²) in [5, 5.41) is 0. The van der Waals surface area contributed by atoms with Gasteiger partial charge in [0, 0.05) is 11.1 Å². The van der Waals surface area contributed by atoms with E-state index in [2.05, 4.69) is 27.0 Å². The largest absolute Gasteiger partial charge is 0.423 e. The Morgan fingerprint density at radius 1 is 0.750 bits per heavy atom. The second-order valence-electron chi connectivity index (χ2n) is 8.79. The van der Waals surface area contributed by atoms with Crippen LogP contribution in [-0.4, -0.2) is 17.9 Å². The standard InChI is InChI=1S/C30H34O6/c1-9-21(10-2)27(22-11-14-24(15-12-22)34-28(31)18(3)4)23-13-16-25(35-29(32)19(5)6)26(17-23)36-30(33)20(7)8/h11-17,20H,3,5,9-10H2,1-2,4,6-8H3. The molecule has 0 bridgehead atoms. The van der Waals surface area contributed by atoms with Crippen molar-refractivity contribution in [3.05, 3.63) is 83.5 Å². The highest BCUT2D eigenvalue weighted by Gasteiger charge is 2.20. The molecule has 0 N–H and O–H groups in total. The van der Waals surface area contributed by atoms with Crippen LogP contribution in [0.3, 0.4) is 0 Å². The minimum Gasteiger partial charge on any atom is -0.423 e. The van der Waals surface area contributed by atoms with Gasteiger partial charge in [-0.15, -0.1) is 0 Å². The predicted octanol–water partition coefficient (Wildman–Crippen LogP) is 6.83. The number of esters is 3. The van der Waals surface area contributed by atoms with E-state index in [1.165, 1.54) is 5.57 Å². The molecule has 0 unspecified atom stereocenters. The van der Waals surface area contributed by atoms with Crippen molar-refractivity contribution in [1.82, 2.24) is 0 Å². The average molecular weight is 491 g/mol. The maximum absolute atomic E-state index is 12.4. The Balaban J connectivity index is 2.60. The second kappa shape index (κ2) is 12.7. The van der Waals surface area contributed by atoms with Crippen LogP contribution in [0.15, 0.2) is 72.3 Å². The van der Waals surface area contributed by atoms with Crippen LogP contribution in [0.25, 0.3) is 5.57 Å². The molecule has 36 heavy (non-hydrogen) atoms. The van der Waals surface area contributed by atoms with E-state index >= 15 is 0 Å². The van der Waals surface area contributed by atoms with Crippen molar-refractivity contribution in [2.75, 3.05) is 0 Å². The van der Waals surface area contributed by atoms with Gasteiger partial charge >= 0.3 is 17.9 Å². The van der Waals surface area contributed by atoms with E-state index in [9.17, 15) is 14.4 Å². The summed E-state index contributed by atoms with van der Waals surface area (Å²) in [5.41, 5.74) is 4.37. The number of ether oxygens (including phenoxy) is 3. The smallest absolute Gasteiger partial charge is 0.338 e. The molecule has 0 atom stereocenters. The average Bonchev–Trinajstić information content (AvgIpc) is 2.83. The van der Waals surface area contributed by atoms with E-state index in [0.29, 0.717) is 11.3 Å². The van der Waals surface area contributed by atoms with Crippen LogP contribution in [-0.2, 0) is 14.4 Å². The quantitative estimate of drug-likeness (QED) is 0.206. The molecule has 0 heterocycles. The van der Waals surface area contributed by atoms with Gasteiger partial charge in [-0.05, 0) is 67.7 Å². The number of hydrogen-bond acceptors (Lipinski definition) is 6. The first-order chi connectivity index (χ1) is 17.0. The molecule has 0 fully saturated rings. The molecule has 2 aromatic rings. The number of carbonyl (C=O) groups is 3. The SMILES string of the molecule is C=C(C)C(=O)Oc1ccc(C(=C(CC)CC)c2ccc(OC(=O)C(=C)C)c(OC(=O)C(C)C)c2)cc1. The molecule has 0 radical (unpaired) electrons.